The van der Waals surface area contributed by atoms with E-state index in [1.807, 2.05) is 53.1 Å². The molecular formula is C16H12N2O2. The van der Waals surface area contributed by atoms with Crippen molar-refractivity contribution in [2.45, 2.75) is 0 Å². The summed E-state index contributed by atoms with van der Waals surface area (Å²) in [5.41, 5.74) is 2.40. The molecule has 20 heavy (non-hydrogen) atoms. The number of fused-ring (bicyclic) bond motifs is 5. The van der Waals surface area contributed by atoms with Crippen molar-refractivity contribution in [3.05, 3.63) is 59.0 Å². The van der Waals surface area contributed by atoms with Gasteiger partial charge in [0.05, 0.1) is 18.1 Å². The van der Waals surface area contributed by atoms with E-state index in [2.05, 4.69) is 4.98 Å². The van der Waals surface area contributed by atoms with Gasteiger partial charge in [0.15, 0.2) is 0 Å². The zero-order valence-electron chi connectivity index (χ0n) is 10.9. The molecule has 0 saturated carbocycles. The molecule has 98 valence electrons. The second-order valence-corrected chi connectivity index (χ2v) is 4.77. The van der Waals surface area contributed by atoms with Crippen molar-refractivity contribution in [2.24, 2.45) is 0 Å². The smallest absolute Gasteiger partial charge is 0.273 e. The molecule has 0 unspecified atom stereocenters. The van der Waals surface area contributed by atoms with Gasteiger partial charge in [-0.15, -0.1) is 0 Å². The first-order chi connectivity index (χ1) is 9.78. The van der Waals surface area contributed by atoms with Crippen LogP contribution >= 0.6 is 0 Å². The van der Waals surface area contributed by atoms with E-state index in [0.717, 1.165) is 27.6 Å². The number of nitrogens with one attached hydrogen (secondary N) is 1. The highest BCUT2D eigenvalue weighted by Gasteiger charge is 2.10. The summed E-state index contributed by atoms with van der Waals surface area (Å²) >= 11 is 0. The van der Waals surface area contributed by atoms with Crippen LogP contribution in [0.5, 0.6) is 5.75 Å². The van der Waals surface area contributed by atoms with Gasteiger partial charge in [0, 0.05) is 17.0 Å². The molecule has 4 rings (SSSR count). The van der Waals surface area contributed by atoms with Crippen LogP contribution in [-0.2, 0) is 0 Å². The Morgan fingerprint density at radius 3 is 2.85 bits per heavy atom. The van der Waals surface area contributed by atoms with Crippen LogP contribution in [0.1, 0.15) is 0 Å². The molecule has 0 saturated heterocycles. The normalized spacial score (nSPS) is 11.4. The van der Waals surface area contributed by atoms with Gasteiger partial charge < -0.3 is 14.1 Å². The molecule has 4 aromatic rings. The number of nitrogens with zero attached hydrogens (tertiary/aromatic N) is 1. The molecule has 2 aromatic heterocycles. The van der Waals surface area contributed by atoms with Gasteiger partial charge in [-0.05, 0) is 30.3 Å². The average Bonchev–Trinajstić information content (AvgIpc) is 2.86. The van der Waals surface area contributed by atoms with Gasteiger partial charge in [0.25, 0.3) is 5.56 Å². The lowest BCUT2D eigenvalue weighted by Gasteiger charge is -2.01. The van der Waals surface area contributed by atoms with Crippen LogP contribution in [0.15, 0.2) is 53.5 Å². The standard InChI is InChI=1S/C16H12N2O2/c1-20-11-6-7-12-10(8-11)9-18-14-5-3-2-4-13(14)17-16(19)15(12)18/h2-9H,1H3,(H,17,19). The van der Waals surface area contributed by atoms with E-state index in [0.29, 0.717) is 5.52 Å². The van der Waals surface area contributed by atoms with Crippen LogP contribution in [0, 0.1) is 0 Å². The number of H-pyrrole nitrogens is 1. The highest BCUT2D eigenvalue weighted by Crippen LogP contribution is 2.26. The number of methoxy groups -OCH3 is 1. The lowest BCUT2D eigenvalue weighted by molar-refractivity contribution is 0.415. The predicted octanol–water partition coefficient (Wildman–Crippen LogP) is 2.94. The largest absolute Gasteiger partial charge is 0.497 e. The molecule has 4 heteroatoms. The number of para-hydroxylation sites is 2. The number of benzene rings is 2. The summed E-state index contributed by atoms with van der Waals surface area (Å²) in [7, 11) is 1.64. The summed E-state index contributed by atoms with van der Waals surface area (Å²) in [5, 5.41) is 1.92. The maximum absolute atomic E-state index is 12.3. The number of hydrogen-bond donors (Lipinski definition) is 1. The number of rotatable bonds is 1. The summed E-state index contributed by atoms with van der Waals surface area (Å²) in [6.07, 6.45) is 1.98. The molecule has 2 heterocycles. The predicted molar refractivity (Wildman–Crippen MR) is 79.6 cm³/mol. The van der Waals surface area contributed by atoms with Gasteiger partial charge in [-0.2, -0.15) is 0 Å². The van der Waals surface area contributed by atoms with E-state index in [9.17, 15) is 4.79 Å². The molecule has 0 atom stereocenters. The summed E-state index contributed by atoms with van der Waals surface area (Å²) in [4.78, 5) is 15.2. The summed E-state index contributed by atoms with van der Waals surface area (Å²) in [6.45, 7) is 0. The first-order valence-corrected chi connectivity index (χ1v) is 6.38. The quantitative estimate of drug-likeness (QED) is 0.574. The highest BCUT2D eigenvalue weighted by molar-refractivity contribution is 6.00. The molecule has 0 bridgehead atoms. The van der Waals surface area contributed by atoms with Crippen LogP contribution in [0.2, 0.25) is 0 Å². The van der Waals surface area contributed by atoms with Crippen molar-refractivity contribution >= 4 is 27.3 Å². The number of aromatic nitrogens is 2. The van der Waals surface area contributed by atoms with Crippen molar-refractivity contribution in [3.8, 4) is 5.75 Å². The van der Waals surface area contributed by atoms with Crippen LogP contribution in [-0.4, -0.2) is 16.5 Å². The Balaban J connectivity index is 2.28. The van der Waals surface area contributed by atoms with Crippen molar-refractivity contribution < 1.29 is 4.74 Å². The Kier molecular flexibility index (Phi) is 2.15. The monoisotopic (exact) mass is 264 g/mol. The van der Waals surface area contributed by atoms with Gasteiger partial charge in [-0.3, -0.25) is 4.79 Å². The minimum Gasteiger partial charge on any atom is -0.497 e. The van der Waals surface area contributed by atoms with E-state index >= 15 is 0 Å². The molecule has 0 amide bonds. The van der Waals surface area contributed by atoms with Gasteiger partial charge in [-0.1, -0.05) is 12.1 Å². The van der Waals surface area contributed by atoms with Crippen molar-refractivity contribution in [3.63, 3.8) is 0 Å². The van der Waals surface area contributed by atoms with Crippen molar-refractivity contribution in [1.82, 2.24) is 9.38 Å². The molecule has 0 aliphatic rings. The molecular weight excluding hydrogens is 252 g/mol. The third kappa shape index (κ3) is 1.39. The first-order valence-electron chi connectivity index (χ1n) is 6.38. The Morgan fingerprint density at radius 2 is 2.00 bits per heavy atom. The van der Waals surface area contributed by atoms with Crippen molar-refractivity contribution in [1.29, 1.82) is 0 Å². The number of ether oxygens (including phenoxy) is 1. The lowest BCUT2D eigenvalue weighted by atomic mass is 10.2. The maximum Gasteiger partial charge on any atom is 0.273 e. The molecule has 0 fully saturated rings. The second kappa shape index (κ2) is 3.87. The van der Waals surface area contributed by atoms with Gasteiger partial charge in [0.2, 0.25) is 0 Å². The third-order valence-corrected chi connectivity index (χ3v) is 3.65. The Morgan fingerprint density at radius 1 is 1.15 bits per heavy atom. The van der Waals surface area contributed by atoms with Crippen LogP contribution in [0.3, 0.4) is 0 Å². The third-order valence-electron chi connectivity index (χ3n) is 3.65. The van der Waals surface area contributed by atoms with E-state index in [4.69, 9.17) is 4.74 Å². The Hall–Kier alpha value is -2.75. The van der Waals surface area contributed by atoms with Crippen LogP contribution < -0.4 is 10.3 Å². The van der Waals surface area contributed by atoms with Gasteiger partial charge >= 0.3 is 0 Å². The van der Waals surface area contributed by atoms with Gasteiger partial charge in [-0.25, -0.2) is 0 Å². The number of aromatic amines is 1. The Bertz CT molecular complexity index is 1010. The van der Waals surface area contributed by atoms with Crippen LogP contribution in [0.25, 0.3) is 27.3 Å². The summed E-state index contributed by atoms with van der Waals surface area (Å²) in [5.74, 6) is 0.786. The maximum atomic E-state index is 12.3. The fourth-order valence-electron chi connectivity index (χ4n) is 2.72. The molecule has 0 aliphatic heterocycles. The zero-order chi connectivity index (χ0) is 13.7. The summed E-state index contributed by atoms with van der Waals surface area (Å²) < 4.78 is 7.18. The fraction of sp³-hybridized carbons (Fsp3) is 0.0625. The van der Waals surface area contributed by atoms with E-state index in [1.165, 1.54) is 0 Å². The molecule has 4 nitrogen and oxygen atoms in total. The van der Waals surface area contributed by atoms with E-state index < -0.39 is 0 Å². The molecule has 0 spiro atoms. The average molecular weight is 264 g/mol. The van der Waals surface area contributed by atoms with E-state index in [-0.39, 0.29) is 5.56 Å². The lowest BCUT2D eigenvalue weighted by Crippen LogP contribution is -2.09. The molecule has 0 radical (unpaired) electrons. The molecule has 0 aliphatic carbocycles. The minimum atomic E-state index is -0.0798. The minimum absolute atomic E-state index is 0.0798. The molecule has 2 aromatic carbocycles. The van der Waals surface area contributed by atoms with E-state index in [1.54, 1.807) is 7.11 Å². The fourth-order valence-corrected chi connectivity index (χ4v) is 2.72. The van der Waals surface area contributed by atoms with Gasteiger partial charge in [0.1, 0.15) is 11.3 Å². The number of hydrogen-bond acceptors (Lipinski definition) is 2. The Labute approximate surface area is 114 Å². The second-order valence-electron chi connectivity index (χ2n) is 4.77. The van der Waals surface area contributed by atoms with Crippen LogP contribution in [0.4, 0.5) is 0 Å². The SMILES string of the molecule is COc1ccc2c(c1)cn1c3ccccc3[nH]c(=O)c21. The first kappa shape index (κ1) is 11.1. The topological polar surface area (TPSA) is 46.5 Å². The summed E-state index contributed by atoms with van der Waals surface area (Å²) in [6, 6.07) is 13.5. The van der Waals surface area contributed by atoms with Crippen molar-refractivity contribution in [2.75, 3.05) is 7.11 Å². The zero-order valence-corrected chi connectivity index (χ0v) is 10.9. The molecule has 1 N–H and O–H groups in total. The highest BCUT2D eigenvalue weighted by atomic mass is 16.5.